The summed E-state index contributed by atoms with van der Waals surface area (Å²) in [4.78, 5) is 21.5. The number of carbonyl (C=O) groups is 1. The van der Waals surface area contributed by atoms with Gasteiger partial charge in [-0.05, 0) is 26.3 Å². The fourth-order valence-electron chi connectivity index (χ4n) is 2.27. The van der Waals surface area contributed by atoms with Gasteiger partial charge in [-0.25, -0.2) is 0 Å². The van der Waals surface area contributed by atoms with Gasteiger partial charge in [0, 0.05) is 25.1 Å². The molecular formula is C12H17N3O2. The summed E-state index contributed by atoms with van der Waals surface area (Å²) in [5.41, 5.74) is 0.901. The van der Waals surface area contributed by atoms with Crippen molar-refractivity contribution in [3.8, 4) is 0 Å². The number of aromatic nitrogens is 2. The number of aliphatic carboxylic acids is 1. The maximum atomic E-state index is 11.0. The normalized spacial score (nSPS) is 23.2. The predicted octanol–water partition coefficient (Wildman–Crippen LogP) is 1.33. The Morgan fingerprint density at radius 3 is 3.06 bits per heavy atom. The summed E-state index contributed by atoms with van der Waals surface area (Å²) in [6.07, 6.45) is 6.77. The second kappa shape index (κ2) is 5.23. The Bertz CT molecular complexity index is 383. The Hall–Kier alpha value is -1.49. The van der Waals surface area contributed by atoms with Crippen LogP contribution in [-0.4, -0.2) is 39.0 Å². The molecule has 2 atom stereocenters. The minimum Gasteiger partial charge on any atom is -0.481 e. The van der Waals surface area contributed by atoms with Crippen molar-refractivity contribution in [2.75, 3.05) is 13.1 Å². The average Bonchev–Trinajstić information content (AvgIpc) is 2.39. The lowest BCUT2D eigenvalue weighted by Crippen LogP contribution is -2.40. The molecule has 0 amide bonds. The first-order valence-corrected chi connectivity index (χ1v) is 5.91. The zero-order chi connectivity index (χ0) is 12.3. The van der Waals surface area contributed by atoms with Gasteiger partial charge in [-0.15, -0.1) is 0 Å². The van der Waals surface area contributed by atoms with Crippen LogP contribution in [0.4, 0.5) is 0 Å². The van der Waals surface area contributed by atoms with Gasteiger partial charge in [-0.3, -0.25) is 19.7 Å². The zero-order valence-corrected chi connectivity index (χ0v) is 9.91. The molecule has 2 unspecified atom stereocenters. The van der Waals surface area contributed by atoms with Gasteiger partial charge in [0.25, 0.3) is 0 Å². The van der Waals surface area contributed by atoms with Crippen LogP contribution in [0.5, 0.6) is 0 Å². The van der Waals surface area contributed by atoms with E-state index < -0.39 is 5.97 Å². The number of carboxylic acid groups (broad SMARTS) is 1. The van der Waals surface area contributed by atoms with E-state index in [1.807, 2.05) is 6.92 Å². The summed E-state index contributed by atoms with van der Waals surface area (Å²) < 4.78 is 0. The molecule has 0 radical (unpaired) electrons. The topological polar surface area (TPSA) is 66.3 Å². The van der Waals surface area contributed by atoms with Crippen molar-refractivity contribution in [3.05, 3.63) is 24.3 Å². The van der Waals surface area contributed by atoms with Crippen LogP contribution in [0, 0.1) is 5.92 Å². The fourth-order valence-corrected chi connectivity index (χ4v) is 2.27. The summed E-state index contributed by atoms with van der Waals surface area (Å²) in [5.74, 6) is -0.941. The van der Waals surface area contributed by atoms with Crippen LogP contribution in [-0.2, 0) is 4.79 Å². The SMILES string of the molecule is CC(c1cnccn1)N1CCCC(C(=O)O)C1. The fraction of sp³-hybridized carbons (Fsp3) is 0.583. The second-order valence-corrected chi connectivity index (χ2v) is 4.48. The van der Waals surface area contributed by atoms with Gasteiger partial charge >= 0.3 is 5.97 Å². The van der Waals surface area contributed by atoms with Crippen LogP contribution in [0.15, 0.2) is 18.6 Å². The van der Waals surface area contributed by atoms with Crippen LogP contribution >= 0.6 is 0 Å². The lowest BCUT2D eigenvalue weighted by Gasteiger charge is -2.34. The minimum atomic E-state index is -0.693. The molecule has 2 heterocycles. The van der Waals surface area contributed by atoms with Crippen molar-refractivity contribution >= 4 is 5.97 Å². The summed E-state index contributed by atoms with van der Waals surface area (Å²) in [7, 11) is 0. The van der Waals surface area contributed by atoms with Gasteiger partial charge in [0.2, 0.25) is 0 Å². The number of nitrogens with zero attached hydrogens (tertiary/aromatic N) is 3. The molecule has 0 aliphatic carbocycles. The summed E-state index contributed by atoms with van der Waals surface area (Å²) in [6.45, 7) is 3.59. The molecule has 1 saturated heterocycles. The standard InChI is InChI=1S/C12H17N3O2/c1-9(11-7-13-4-5-14-11)15-6-2-3-10(8-15)12(16)17/h4-5,7,9-10H,2-3,6,8H2,1H3,(H,16,17). The van der Waals surface area contributed by atoms with Crippen molar-refractivity contribution in [2.45, 2.75) is 25.8 Å². The molecule has 0 saturated carbocycles. The lowest BCUT2D eigenvalue weighted by atomic mass is 9.96. The third kappa shape index (κ3) is 2.79. The molecule has 1 aromatic rings. The molecule has 1 aromatic heterocycles. The highest BCUT2D eigenvalue weighted by Gasteiger charge is 2.28. The smallest absolute Gasteiger partial charge is 0.307 e. The van der Waals surface area contributed by atoms with Gasteiger partial charge < -0.3 is 5.11 Å². The Kier molecular flexibility index (Phi) is 3.68. The first-order valence-electron chi connectivity index (χ1n) is 5.91. The van der Waals surface area contributed by atoms with E-state index in [0.717, 1.165) is 25.1 Å². The Morgan fingerprint density at radius 2 is 2.41 bits per heavy atom. The van der Waals surface area contributed by atoms with Crippen molar-refractivity contribution in [1.82, 2.24) is 14.9 Å². The molecule has 17 heavy (non-hydrogen) atoms. The molecule has 1 N–H and O–H groups in total. The highest BCUT2D eigenvalue weighted by Crippen LogP contribution is 2.25. The van der Waals surface area contributed by atoms with Crippen molar-refractivity contribution in [3.63, 3.8) is 0 Å². The first kappa shape index (κ1) is 12.0. The van der Waals surface area contributed by atoms with Gasteiger partial charge in [0.1, 0.15) is 0 Å². The number of carboxylic acids is 1. The van der Waals surface area contributed by atoms with Gasteiger partial charge in [-0.2, -0.15) is 0 Å². The van der Waals surface area contributed by atoms with Crippen LogP contribution in [0.3, 0.4) is 0 Å². The number of hydrogen-bond donors (Lipinski definition) is 1. The molecular weight excluding hydrogens is 218 g/mol. The third-order valence-electron chi connectivity index (χ3n) is 3.36. The predicted molar refractivity (Wildman–Crippen MR) is 62.4 cm³/mol. The zero-order valence-electron chi connectivity index (χ0n) is 9.91. The quantitative estimate of drug-likeness (QED) is 0.856. The Balaban J connectivity index is 2.05. The molecule has 0 spiro atoms. The van der Waals surface area contributed by atoms with Gasteiger partial charge in [0.15, 0.2) is 0 Å². The molecule has 1 aliphatic rings. The number of piperidine rings is 1. The highest BCUT2D eigenvalue weighted by molar-refractivity contribution is 5.70. The molecule has 5 nitrogen and oxygen atoms in total. The number of hydrogen-bond acceptors (Lipinski definition) is 4. The van der Waals surface area contributed by atoms with E-state index in [2.05, 4.69) is 14.9 Å². The van der Waals surface area contributed by atoms with E-state index in [1.54, 1.807) is 18.6 Å². The molecule has 1 fully saturated rings. The van der Waals surface area contributed by atoms with Crippen LogP contribution in [0.2, 0.25) is 0 Å². The van der Waals surface area contributed by atoms with Gasteiger partial charge in [-0.1, -0.05) is 0 Å². The van der Waals surface area contributed by atoms with Gasteiger partial charge in [0.05, 0.1) is 17.7 Å². The second-order valence-electron chi connectivity index (χ2n) is 4.48. The van der Waals surface area contributed by atoms with Crippen molar-refractivity contribution in [1.29, 1.82) is 0 Å². The molecule has 5 heteroatoms. The van der Waals surface area contributed by atoms with E-state index in [0.29, 0.717) is 6.54 Å². The van der Waals surface area contributed by atoms with E-state index in [-0.39, 0.29) is 12.0 Å². The first-order chi connectivity index (χ1) is 8.18. The van der Waals surface area contributed by atoms with E-state index >= 15 is 0 Å². The summed E-state index contributed by atoms with van der Waals surface area (Å²) in [6, 6.07) is 0.130. The van der Waals surface area contributed by atoms with E-state index in [9.17, 15) is 4.79 Å². The minimum absolute atomic E-state index is 0.130. The van der Waals surface area contributed by atoms with E-state index in [4.69, 9.17) is 5.11 Å². The number of likely N-dealkylation sites (tertiary alicyclic amines) is 1. The maximum Gasteiger partial charge on any atom is 0.307 e. The Morgan fingerprint density at radius 1 is 1.59 bits per heavy atom. The monoisotopic (exact) mass is 235 g/mol. The van der Waals surface area contributed by atoms with Crippen LogP contribution < -0.4 is 0 Å². The third-order valence-corrected chi connectivity index (χ3v) is 3.36. The lowest BCUT2D eigenvalue weighted by molar-refractivity contribution is -0.143. The molecule has 2 rings (SSSR count). The number of rotatable bonds is 3. The molecule has 0 bridgehead atoms. The highest BCUT2D eigenvalue weighted by atomic mass is 16.4. The summed E-state index contributed by atoms with van der Waals surface area (Å²) >= 11 is 0. The van der Waals surface area contributed by atoms with Crippen molar-refractivity contribution in [2.24, 2.45) is 5.92 Å². The summed E-state index contributed by atoms with van der Waals surface area (Å²) in [5, 5.41) is 9.05. The largest absolute Gasteiger partial charge is 0.481 e. The molecule has 1 aliphatic heterocycles. The Labute approximate surface area is 100 Å². The molecule has 92 valence electrons. The van der Waals surface area contributed by atoms with Crippen LogP contribution in [0.1, 0.15) is 31.5 Å². The van der Waals surface area contributed by atoms with Crippen LogP contribution in [0.25, 0.3) is 0 Å². The maximum absolute atomic E-state index is 11.0. The average molecular weight is 235 g/mol. The molecule has 0 aromatic carbocycles. The van der Waals surface area contributed by atoms with Crippen molar-refractivity contribution < 1.29 is 9.90 Å². The van der Waals surface area contributed by atoms with E-state index in [1.165, 1.54) is 0 Å².